The van der Waals surface area contributed by atoms with Gasteiger partial charge in [-0.1, -0.05) is 127 Å². The molecular formula is C48H48N4OPt. The average Bonchev–Trinajstić information content (AvgIpc) is 3.67. The van der Waals surface area contributed by atoms with Crippen LogP contribution < -0.4 is 14.5 Å². The van der Waals surface area contributed by atoms with E-state index in [2.05, 4.69) is 198 Å². The van der Waals surface area contributed by atoms with Crippen LogP contribution in [0.15, 0.2) is 115 Å². The smallest absolute Gasteiger partial charge is 0.509 e. The molecule has 0 unspecified atom stereocenters. The fourth-order valence-electron chi connectivity index (χ4n) is 7.41. The van der Waals surface area contributed by atoms with Crippen LogP contribution in [0.5, 0.6) is 11.5 Å². The molecular weight excluding hydrogens is 844 g/mol. The van der Waals surface area contributed by atoms with Crippen molar-refractivity contribution >= 4 is 44.6 Å². The van der Waals surface area contributed by atoms with Crippen LogP contribution in [0.4, 0.5) is 22.7 Å². The van der Waals surface area contributed by atoms with E-state index in [0.717, 1.165) is 33.9 Å². The van der Waals surface area contributed by atoms with Gasteiger partial charge in [0, 0.05) is 28.9 Å². The van der Waals surface area contributed by atoms with Gasteiger partial charge in [0.25, 0.3) is 0 Å². The van der Waals surface area contributed by atoms with Gasteiger partial charge < -0.3 is 19.1 Å². The third-order valence-corrected chi connectivity index (χ3v) is 10.3. The van der Waals surface area contributed by atoms with Crippen molar-refractivity contribution in [2.45, 2.75) is 78.6 Å². The minimum absolute atomic E-state index is 0. The molecule has 2 aromatic heterocycles. The number of aromatic nitrogens is 2. The largest absolute Gasteiger partial charge is 2.00 e. The Morgan fingerprint density at radius 2 is 1.24 bits per heavy atom. The van der Waals surface area contributed by atoms with Crippen molar-refractivity contribution in [1.82, 2.24) is 9.55 Å². The Bertz CT molecular complexity index is 2480. The Balaban J connectivity index is 0.00000450. The molecule has 0 amide bonds. The van der Waals surface area contributed by atoms with Crippen LogP contribution in [0.3, 0.4) is 0 Å². The quantitative estimate of drug-likeness (QED) is 0.161. The van der Waals surface area contributed by atoms with Gasteiger partial charge in [-0.15, -0.1) is 41.5 Å². The summed E-state index contributed by atoms with van der Waals surface area (Å²) in [5.74, 6) is 2.18. The maximum absolute atomic E-state index is 6.94. The topological polar surface area (TPSA) is 33.5 Å². The number of rotatable bonds is 5. The number of anilines is 4. The van der Waals surface area contributed by atoms with E-state index in [0.29, 0.717) is 18.2 Å². The number of fused-ring (bicyclic) bond motifs is 4. The zero-order valence-corrected chi connectivity index (χ0v) is 35.0. The summed E-state index contributed by atoms with van der Waals surface area (Å²) in [5.41, 5.74) is 9.75. The average molecular weight is 892 g/mol. The van der Waals surface area contributed by atoms with Crippen LogP contribution in [0.1, 0.15) is 79.0 Å². The van der Waals surface area contributed by atoms with Crippen LogP contribution in [0.2, 0.25) is 0 Å². The summed E-state index contributed by atoms with van der Waals surface area (Å²) < 4.78 is 9.19. The molecule has 5 nitrogen and oxygen atoms in total. The first-order valence-corrected chi connectivity index (χ1v) is 18.6. The van der Waals surface area contributed by atoms with Gasteiger partial charge in [0.2, 0.25) is 0 Å². The summed E-state index contributed by atoms with van der Waals surface area (Å²) in [6, 6.07) is 46.1. The maximum Gasteiger partial charge on any atom is 2.00 e. The molecule has 0 saturated carbocycles. The molecule has 1 aliphatic rings. The molecule has 276 valence electrons. The summed E-state index contributed by atoms with van der Waals surface area (Å²) in [6.45, 7) is 20.9. The van der Waals surface area contributed by atoms with E-state index >= 15 is 0 Å². The molecule has 0 saturated heterocycles. The second-order valence-electron chi connectivity index (χ2n) is 17.3. The molecule has 0 bridgehead atoms. The molecule has 5 aromatic carbocycles. The van der Waals surface area contributed by atoms with Crippen LogP contribution in [0, 0.1) is 12.1 Å². The molecule has 0 atom stereocenters. The van der Waals surface area contributed by atoms with E-state index in [1.807, 2.05) is 6.20 Å². The fraction of sp³-hybridized carbons (Fsp3) is 0.271. The third-order valence-electron chi connectivity index (χ3n) is 10.3. The number of benzene rings is 5. The number of ether oxygens (including phenoxy) is 1. The summed E-state index contributed by atoms with van der Waals surface area (Å²) in [7, 11) is 0. The Labute approximate surface area is 334 Å². The van der Waals surface area contributed by atoms with Crippen LogP contribution >= 0.6 is 0 Å². The second-order valence-corrected chi connectivity index (χ2v) is 17.3. The fourth-order valence-corrected chi connectivity index (χ4v) is 7.41. The second kappa shape index (κ2) is 13.8. The summed E-state index contributed by atoms with van der Waals surface area (Å²) in [6.07, 6.45) is 1.92. The van der Waals surface area contributed by atoms with E-state index in [9.17, 15) is 0 Å². The summed E-state index contributed by atoms with van der Waals surface area (Å²) >= 11 is 0. The predicted molar refractivity (Wildman–Crippen MR) is 221 cm³/mol. The molecule has 6 heteroatoms. The van der Waals surface area contributed by atoms with Gasteiger partial charge in [0.1, 0.15) is 5.82 Å². The van der Waals surface area contributed by atoms with E-state index in [-0.39, 0.29) is 37.3 Å². The Morgan fingerprint density at radius 1 is 0.611 bits per heavy atom. The van der Waals surface area contributed by atoms with E-state index in [1.165, 1.54) is 33.2 Å². The SMILES string of the molecule is CC(C)(C)c1cc(Oc2[c-]c3c(c(C(C)(C)C)c2)c2ccccc2n3-c2cc(C(C)(C)C)ccn2)[c-]c(N2CN(c3ccccc3)c3ccccc32)c1.[Pt+2]. The molecule has 8 rings (SSSR count). The number of pyridine rings is 1. The number of para-hydroxylation sites is 4. The number of nitrogens with zero attached hydrogens (tertiary/aromatic N) is 4. The van der Waals surface area contributed by atoms with Crippen LogP contribution in [0.25, 0.3) is 27.6 Å². The Kier molecular flexibility index (Phi) is 9.55. The zero-order chi connectivity index (χ0) is 37.3. The van der Waals surface area contributed by atoms with Crippen molar-refractivity contribution in [3.8, 4) is 17.3 Å². The van der Waals surface area contributed by atoms with E-state index < -0.39 is 0 Å². The van der Waals surface area contributed by atoms with Gasteiger partial charge in [-0.25, -0.2) is 4.98 Å². The standard InChI is InChI=1S/C48H48N4O.Pt/c1-46(2,3)32-23-24-49-44(27-32)52-40-20-14-13-19-38(40)45-39(48(7,8)9)29-37(30-43(45)52)53-36-26-33(47(4,5)6)25-35(28-36)51-31-50(34-17-11-10-12-18-34)41-21-15-16-22-42(41)51;/h10-27,29H,31H2,1-9H3;/q-2;+2. The predicted octanol–water partition coefficient (Wildman–Crippen LogP) is 12.7. The monoisotopic (exact) mass is 891 g/mol. The molecule has 7 aromatic rings. The van der Waals surface area contributed by atoms with Gasteiger partial charge in [0.15, 0.2) is 0 Å². The van der Waals surface area contributed by atoms with Gasteiger partial charge in [-0.3, -0.25) is 0 Å². The van der Waals surface area contributed by atoms with Crippen LogP contribution in [-0.2, 0) is 37.3 Å². The number of hydrogen-bond acceptors (Lipinski definition) is 4. The minimum Gasteiger partial charge on any atom is -0.509 e. The summed E-state index contributed by atoms with van der Waals surface area (Å²) in [4.78, 5) is 9.62. The normalized spacial score (nSPS) is 13.4. The van der Waals surface area contributed by atoms with Crippen molar-refractivity contribution in [3.05, 3.63) is 144 Å². The first-order valence-electron chi connectivity index (χ1n) is 18.6. The van der Waals surface area contributed by atoms with Crippen molar-refractivity contribution in [2.24, 2.45) is 0 Å². The van der Waals surface area contributed by atoms with Crippen molar-refractivity contribution in [1.29, 1.82) is 0 Å². The Hall–Kier alpha value is -4.86. The molecule has 0 aliphatic carbocycles. The number of hydrogen-bond donors (Lipinski definition) is 0. The molecule has 0 N–H and O–H groups in total. The molecule has 0 radical (unpaired) electrons. The van der Waals surface area contributed by atoms with Gasteiger partial charge in [-0.05, 0) is 69.7 Å². The minimum atomic E-state index is -0.177. The zero-order valence-electron chi connectivity index (χ0n) is 32.7. The van der Waals surface area contributed by atoms with Gasteiger partial charge in [-0.2, -0.15) is 0 Å². The van der Waals surface area contributed by atoms with E-state index in [4.69, 9.17) is 9.72 Å². The van der Waals surface area contributed by atoms with Crippen molar-refractivity contribution in [3.63, 3.8) is 0 Å². The molecule has 1 aliphatic heterocycles. The first-order chi connectivity index (χ1) is 25.2. The Morgan fingerprint density at radius 3 is 1.93 bits per heavy atom. The van der Waals surface area contributed by atoms with E-state index in [1.54, 1.807) is 0 Å². The molecule has 0 spiro atoms. The first kappa shape index (κ1) is 37.5. The van der Waals surface area contributed by atoms with Gasteiger partial charge >= 0.3 is 21.1 Å². The van der Waals surface area contributed by atoms with Crippen molar-refractivity contribution < 1.29 is 25.8 Å². The molecule has 0 fully saturated rings. The summed E-state index contributed by atoms with van der Waals surface area (Å²) in [5, 5.41) is 2.35. The third kappa shape index (κ3) is 6.84. The van der Waals surface area contributed by atoms with Crippen LogP contribution in [-0.4, -0.2) is 16.2 Å². The van der Waals surface area contributed by atoms with Crippen molar-refractivity contribution in [2.75, 3.05) is 16.5 Å². The van der Waals surface area contributed by atoms with Gasteiger partial charge in [0.05, 0.1) is 18.0 Å². The molecule has 3 heterocycles. The maximum atomic E-state index is 6.94. The molecule has 54 heavy (non-hydrogen) atoms.